The van der Waals surface area contributed by atoms with Crippen molar-refractivity contribution in [3.63, 3.8) is 0 Å². The van der Waals surface area contributed by atoms with E-state index in [1.807, 2.05) is 0 Å². The Balaban J connectivity index is 1.95. The average Bonchev–Trinajstić information content (AvgIpc) is 2.99. The van der Waals surface area contributed by atoms with E-state index < -0.39 is 23.3 Å². The van der Waals surface area contributed by atoms with Crippen LogP contribution in [0.25, 0.3) is 0 Å². The third kappa shape index (κ3) is 3.75. The number of amides is 1. The summed E-state index contributed by atoms with van der Waals surface area (Å²) in [4.78, 5) is 41.7. The molecule has 160 valence electrons. The third-order valence-electron chi connectivity index (χ3n) is 5.93. The Hall–Kier alpha value is -3.00. The molecule has 2 heterocycles. The lowest BCUT2D eigenvalue weighted by molar-refractivity contribution is -0.161. The van der Waals surface area contributed by atoms with E-state index in [0.29, 0.717) is 28.1 Å². The first-order valence-electron chi connectivity index (χ1n) is 9.72. The predicted octanol–water partition coefficient (Wildman–Crippen LogP) is 2.49. The van der Waals surface area contributed by atoms with Crippen LogP contribution in [0.5, 0.6) is 0 Å². The van der Waals surface area contributed by atoms with Crippen molar-refractivity contribution in [1.82, 2.24) is 9.88 Å². The number of aryl methyl sites for hydroxylation is 1. The highest BCUT2D eigenvalue weighted by molar-refractivity contribution is 6.02. The van der Waals surface area contributed by atoms with E-state index in [2.05, 4.69) is 4.98 Å². The SMILES string of the molecule is CC(=O)c1[nH]c(C)c(C(=O)N2CC[C@@H](O)[C@](Cc3ccc(F)cc3)(C(=O)O)C2)c1C. The highest BCUT2D eigenvalue weighted by Gasteiger charge is 2.50. The van der Waals surface area contributed by atoms with Crippen molar-refractivity contribution in [2.24, 2.45) is 5.41 Å². The summed E-state index contributed by atoms with van der Waals surface area (Å²) >= 11 is 0. The number of hydrogen-bond acceptors (Lipinski definition) is 4. The molecule has 1 aliphatic rings. The number of nitrogens with one attached hydrogen (secondary N) is 1. The molecule has 0 unspecified atom stereocenters. The summed E-state index contributed by atoms with van der Waals surface area (Å²) in [6, 6.07) is 5.43. The smallest absolute Gasteiger partial charge is 0.314 e. The standard InChI is InChI=1S/C22H25FN2O5/c1-12-18(13(2)24-19(12)14(3)26)20(28)25-9-8-17(27)22(11-25,21(29)30)10-15-4-6-16(23)7-5-15/h4-7,17,24,27H,8-11H2,1-3H3,(H,29,30)/t17-,22-/m1/s1. The fourth-order valence-corrected chi connectivity index (χ4v) is 4.26. The summed E-state index contributed by atoms with van der Waals surface area (Å²) < 4.78 is 13.2. The van der Waals surface area contributed by atoms with Crippen LogP contribution in [0.2, 0.25) is 0 Å². The van der Waals surface area contributed by atoms with E-state index in [0.717, 1.165) is 0 Å². The second-order valence-corrected chi connectivity index (χ2v) is 7.98. The number of aliphatic hydroxyl groups is 1. The predicted molar refractivity (Wildman–Crippen MR) is 107 cm³/mol. The third-order valence-corrected chi connectivity index (χ3v) is 5.93. The number of piperidine rings is 1. The number of H-pyrrole nitrogens is 1. The average molecular weight is 416 g/mol. The highest BCUT2D eigenvalue weighted by Crippen LogP contribution is 2.36. The summed E-state index contributed by atoms with van der Waals surface area (Å²) in [5.74, 6) is -2.24. The van der Waals surface area contributed by atoms with Crippen LogP contribution in [-0.4, -0.2) is 57.0 Å². The van der Waals surface area contributed by atoms with Crippen molar-refractivity contribution < 1.29 is 29.0 Å². The van der Waals surface area contributed by atoms with E-state index in [4.69, 9.17) is 0 Å². The van der Waals surface area contributed by atoms with Crippen molar-refractivity contribution in [3.05, 3.63) is 58.2 Å². The largest absolute Gasteiger partial charge is 0.481 e. The number of carbonyl (C=O) groups excluding carboxylic acids is 2. The molecular weight excluding hydrogens is 391 g/mol. The van der Waals surface area contributed by atoms with Crippen molar-refractivity contribution in [2.45, 2.75) is 39.7 Å². The first-order chi connectivity index (χ1) is 14.1. The quantitative estimate of drug-likeness (QED) is 0.649. The summed E-state index contributed by atoms with van der Waals surface area (Å²) in [5.41, 5.74) is 0.693. The van der Waals surface area contributed by atoms with Gasteiger partial charge in [-0.15, -0.1) is 0 Å². The number of aliphatic hydroxyl groups excluding tert-OH is 1. The Morgan fingerprint density at radius 3 is 2.40 bits per heavy atom. The number of aromatic amines is 1. The number of hydrogen-bond donors (Lipinski definition) is 3. The van der Waals surface area contributed by atoms with Crippen LogP contribution in [0.4, 0.5) is 4.39 Å². The first-order valence-corrected chi connectivity index (χ1v) is 9.72. The summed E-state index contributed by atoms with van der Waals surface area (Å²) in [6.07, 6.45) is -1.11. The van der Waals surface area contributed by atoms with Gasteiger partial charge < -0.3 is 20.1 Å². The van der Waals surface area contributed by atoms with Crippen LogP contribution in [-0.2, 0) is 11.2 Å². The number of halogens is 1. The van der Waals surface area contributed by atoms with E-state index in [1.54, 1.807) is 13.8 Å². The molecule has 1 amide bonds. The first kappa shape index (κ1) is 21.7. The summed E-state index contributed by atoms with van der Waals surface area (Å²) in [5, 5.41) is 20.6. The van der Waals surface area contributed by atoms with E-state index in [1.165, 1.54) is 36.1 Å². The summed E-state index contributed by atoms with van der Waals surface area (Å²) in [6.45, 7) is 4.77. The number of aromatic nitrogens is 1. The zero-order chi connectivity index (χ0) is 22.2. The Morgan fingerprint density at radius 1 is 1.23 bits per heavy atom. The lowest BCUT2D eigenvalue weighted by Gasteiger charge is -2.43. The molecule has 1 aromatic heterocycles. The molecule has 0 aliphatic carbocycles. The molecule has 30 heavy (non-hydrogen) atoms. The van der Waals surface area contributed by atoms with Crippen LogP contribution in [0, 0.1) is 25.1 Å². The second-order valence-electron chi connectivity index (χ2n) is 7.98. The summed E-state index contributed by atoms with van der Waals surface area (Å²) in [7, 11) is 0. The zero-order valence-electron chi connectivity index (χ0n) is 17.2. The van der Waals surface area contributed by atoms with E-state index >= 15 is 0 Å². The number of nitrogens with zero attached hydrogens (tertiary/aromatic N) is 1. The van der Waals surface area contributed by atoms with Crippen LogP contribution < -0.4 is 0 Å². The number of benzene rings is 1. The van der Waals surface area contributed by atoms with Gasteiger partial charge >= 0.3 is 5.97 Å². The van der Waals surface area contributed by atoms with Crippen LogP contribution >= 0.6 is 0 Å². The number of ketones is 1. The molecule has 7 nitrogen and oxygen atoms in total. The molecule has 1 fully saturated rings. The normalized spacial score (nSPS) is 21.5. The van der Waals surface area contributed by atoms with Gasteiger partial charge in [-0.1, -0.05) is 12.1 Å². The lowest BCUT2D eigenvalue weighted by Crippen LogP contribution is -2.58. The van der Waals surface area contributed by atoms with Gasteiger partial charge in [0.2, 0.25) is 0 Å². The number of Topliss-reactive ketones (excluding diaryl/α,β-unsaturated/α-hetero) is 1. The van der Waals surface area contributed by atoms with Gasteiger partial charge in [0.1, 0.15) is 11.2 Å². The minimum absolute atomic E-state index is 0.0443. The molecule has 0 bridgehead atoms. The molecular formula is C22H25FN2O5. The van der Waals surface area contributed by atoms with Crippen LogP contribution in [0.15, 0.2) is 24.3 Å². The van der Waals surface area contributed by atoms with Crippen LogP contribution in [0.1, 0.15) is 51.0 Å². The fraction of sp³-hybridized carbons (Fsp3) is 0.409. The number of aliphatic carboxylic acids is 1. The van der Waals surface area contributed by atoms with E-state index in [-0.39, 0.29) is 37.6 Å². The van der Waals surface area contributed by atoms with Crippen LogP contribution in [0.3, 0.4) is 0 Å². The molecule has 3 N–H and O–H groups in total. The van der Waals surface area contributed by atoms with E-state index in [9.17, 15) is 29.0 Å². The molecule has 8 heteroatoms. The maximum absolute atomic E-state index is 13.3. The van der Waals surface area contributed by atoms with Gasteiger partial charge in [-0.05, 0) is 49.9 Å². The number of carboxylic acids is 1. The Labute approximate surface area is 173 Å². The molecule has 1 saturated heterocycles. The van der Waals surface area contributed by atoms with Gasteiger partial charge in [0.25, 0.3) is 5.91 Å². The topological polar surface area (TPSA) is 111 Å². The van der Waals surface area contributed by atoms with Gasteiger partial charge in [0.05, 0.1) is 17.4 Å². The molecule has 3 rings (SSSR count). The maximum atomic E-state index is 13.3. The zero-order valence-corrected chi connectivity index (χ0v) is 17.2. The monoisotopic (exact) mass is 416 g/mol. The Kier molecular flexibility index (Phi) is 5.81. The van der Waals surface area contributed by atoms with Crippen molar-refractivity contribution >= 4 is 17.7 Å². The van der Waals surface area contributed by atoms with Gasteiger partial charge in [-0.25, -0.2) is 4.39 Å². The van der Waals surface area contributed by atoms with Crippen molar-refractivity contribution in [3.8, 4) is 0 Å². The van der Waals surface area contributed by atoms with Crippen molar-refractivity contribution in [2.75, 3.05) is 13.1 Å². The fourth-order valence-electron chi connectivity index (χ4n) is 4.26. The highest BCUT2D eigenvalue weighted by atomic mass is 19.1. The molecule has 0 radical (unpaired) electrons. The lowest BCUT2D eigenvalue weighted by atomic mass is 9.72. The van der Waals surface area contributed by atoms with Gasteiger partial charge in [0.15, 0.2) is 5.78 Å². The molecule has 0 saturated carbocycles. The number of carbonyl (C=O) groups is 3. The maximum Gasteiger partial charge on any atom is 0.314 e. The molecule has 2 aromatic rings. The second kappa shape index (κ2) is 8.02. The molecule has 0 spiro atoms. The van der Waals surface area contributed by atoms with Crippen molar-refractivity contribution in [1.29, 1.82) is 0 Å². The Morgan fingerprint density at radius 2 is 1.87 bits per heavy atom. The molecule has 2 atom stereocenters. The Bertz CT molecular complexity index is 998. The number of likely N-dealkylation sites (tertiary alicyclic amines) is 1. The minimum Gasteiger partial charge on any atom is -0.481 e. The molecule has 1 aliphatic heterocycles. The van der Waals surface area contributed by atoms with Gasteiger partial charge in [0, 0.05) is 25.7 Å². The minimum atomic E-state index is -1.62. The van der Waals surface area contributed by atoms with Gasteiger partial charge in [-0.2, -0.15) is 0 Å². The number of rotatable bonds is 5. The number of carboxylic acid groups (broad SMARTS) is 1. The molecule has 1 aromatic carbocycles. The van der Waals surface area contributed by atoms with Gasteiger partial charge in [-0.3, -0.25) is 14.4 Å².